The molecular weight excluding hydrogens is 234 g/mol. The van der Waals surface area contributed by atoms with Crippen LogP contribution in [0.3, 0.4) is 0 Å². The topological polar surface area (TPSA) is 63.2 Å². The number of rotatable bonds is 7. The van der Waals surface area contributed by atoms with Crippen LogP contribution in [0.25, 0.3) is 0 Å². The van der Waals surface area contributed by atoms with Gasteiger partial charge in [-0.25, -0.2) is 8.42 Å². The van der Waals surface area contributed by atoms with Crippen LogP contribution in [-0.4, -0.2) is 48.2 Å². The van der Waals surface area contributed by atoms with E-state index >= 15 is 0 Å². The van der Waals surface area contributed by atoms with Crippen molar-refractivity contribution >= 4 is 20.6 Å². The van der Waals surface area contributed by atoms with E-state index in [0.29, 0.717) is 13.1 Å². The van der Waals surface area contributed by atoms with E-state index in [-0.39, 0.29) is 16.3 Å². The average molecular weight is 255 g/mol. The van der Waals surface area contributed by atoms with Gasteiger partial charge in [-0.05, 0) is 20.8 Å². The van der Waals surface area contributed by atoms with Crippen LogP contribution in [0.1, 0.15) is 20.8 Å². The molecular formula is C9H21NO3S2. The van der Waals surface area contributed by atoms with Gasteiger partial charge in [0.15, 0.2) is 9.84 Å². The van der Waals surface area contributed by atoms with Gasteiger partial charge in [-0.15, -0.1) is 0 Å². The number of nitrogens with one attached hydrogen (secondary N) is 1. The number of hydrogen-bond acceptors (Lipinski definition) is 4. The van der Waals surface area contributed by atoms with Crippen LogP contribution in [-0.2, 0) is 20.6 Å². The molecule has 0 aromatic rings. The van der Waals surface area contributed by atoms with Crippen molar-refractivity contribution in [2.45, 2.75) is 31.3 Å². The molecule has 0 aliphatic carbocycles. The first-order valence-electron chi connectivity index (χ1n) is 5.02. The summed E-state index contributed by atoms with van der Waals surface area (Å²) in [5, 5.41) is 2.74. The predicted octanol–water partition coefficient (Wildman–Crippen LogP) is 0.166. The molecule has 0 radical (unpaired) electrons. The minimum absolute atomic E-state index is 0.0618. The zero-order valence-corrected chi connectivity index (χ0v) is 11.5. The van der Waals surface area contributed by atoms with E-state index in [4.69, 9.17) is 0 Å². The highest BCUT2D eigenvalue weighted by Gasteiger charge is 2.15. The molecule has 0 saturated carbocycles. The van der Waals surface area contributed by atoms with Gasteiger partial charge in [0.25, 0.3) is 0 Å². The van der Waals surface area contributed by atoms with E-state index in [0.717, 1.165) is 0 Å². The second-order valence-corrected chi connectivity index (χ2v) is 8.41. The van der Waals surface area contributed by atoms with Crippen LogP contribution in [0, 0.1) is 0 Å². The maximum absolute atomic E-state index is 11.4. The molecule has 0 fully saturated rings. The Morgan fingerprint density at radius 2 is 1.80 bits per heavy atom. The lowest BCUT2D eigenvalue weighted by Gasteiger charge is -2.11. The van der Waals surface area contributed by atoms with Crippen LogP contribution in [0.2, 0.25) is 0 Å². The molecule has 2 unspecified atom stereocenters. The molecule has 1 N–H and O–H groups in total. The molecule has 0 bridgehead atoms. The third kappa shape index (κ3) is 6.27. The van der Waals surface area contributed by atoms with Gasteiger partial charge in [-0.2, -0.15) is 0 Å². The Balaban J connectivity index is 3.78. The molecule has 0 aliphatic rings. The van der Waals surface area contributed by atoms with Gasteiger partial charge in [0.05, 0.1) is 11.0 Å². The van der Waals surface area contributed by atoms with Crippen LogP contribution in [0.4, 0.5) is 0 Å². The Morgan fingerprint density at radius 1 is 1.27 bits per heavy atom. The molecule has 0 spiro atoms. The fourth-order valence-electron chi connectivity index (χ4n) is 0.873. The highest BCUT2D eigenvalue weighted by molar-refractivity contribution is 7.92. The van der Waals surface area contributed by atoms with Crippen LogP contribution in [0.15, 0.2) is 0 Å². The SMILES string of the molecule is CC(CNCCS(=O)(=O)C(C)C)S(C)=O. The van der Waals surface area contributed by atoms with Gasteiger partial charge in [-0.3, -0.25) is 4.21 Å². The summed E-state index contributed by atoms with van der Waals surface area (Å²) in [4.78, 5) is 0. The Kier molecular flexibility index (Phi) is 6.63. The first-order chi connectivity index (χ1) is 6.77. The third-order valence-electron chi connectivity index (χ3n) is 2.28. The molecule has 0 rings (SSSR count). The van der Waals surface area contributed by atoms with Gasteiger partial charge in [-0.1, -0.05) is 0 Å². The van der Waals surface area contributed by atoms with Crippen molar-refractivity contribution in [3.63, 3.8) is 0 Å². The quantitative estimate of drug-likeness (QED) is 0.659. The lowest BCUT2D eigenvalue weighted by molar-refractivity contribution is 0.582. The van der Waals surface area contributed by atoms with Crippen molar-refractivity contribution in [2.24, 2.45) is 0 Å². The van der Waals surface area contributed by atoms with Gasteiger partial charge in [0.1, 0.15) is 0 Å². The predicted molar refractivity (Wildman–Crippen MR) is 65.3 cm³/mol. The van der Waals surface area contributed by atoms with E-state index < -0.39 is 20.6 Å². The average Bonchev–Trinajstić information content (AvgIpc) is 2.11. The minimum atomic E-state index is -2.95. The molecule has 6 heteroatoms. The second kappa shape index (κ2) is 6.60. The van der Waals surface area contributed by atoms with Crippen LogP contribution in [0.5, 0.6) is 0 Å². The summed E-state index contributed by atoms with van der Waals surface area (Å²) in [5.74, 6) is 0.147. The molecule has 4 nitrogen and oxygen atoms in total. The molecule has 15 heavy (non-hydrogen) atoms. The second-order valence-electron chi connectivity index (χ2n) is 3.93. The Hall–Kier alpha value is 0.0600. The van der Waals surface area contributed by atoms with Gasteiger partial charge < -0.3 is 5.32 Å². The summed E-state index contributed by atoms with van der Waals surface area (Å²) >= 11 is 0. The van der Waals surface area contributed by atoms with Crippen molar-refractivity contribution in [1.29, 1.82) is 0 Å². The molecule has 0 saturated heterocycles. The summed E-state index contributed by atoms with van der Waals surface area (Å²) in [7, 11) is -3.81. The van der Waals surface area contributed by atoms with Crippen molar-refractivity contribution < 1.29 is 12.6 Å². The molecule has 0 amide bonds. The third-order valence-corrected chi connectivity index (χ3v) is 5.79. The standard InChI is InChI=1S/C9H21NO3S2/c1-8(2)15(12,13)6-5-10-7-9(3)14(4)11/h8-10H,5-7H2,1-4H3. The smallest absolute Gasteiger partial charge is 0.153 e. The van der Waals surface area contributed by atoms with Crippen molar-refractivity contribution in [3.8, 4) is 0 Å². The molecule has 2 atom stereocenters. The highest BCUT2D eigenvalue weighted by atomic mass is 32.2. The van der Waals surface area contributed by atoms with Gasteiger partial charge in [0, 0.05) is 35.4 Å². The summed E-state index contributed by atoms with van der Waals surface area (Å²) in [5.41, 5.74) is 0. The summed E-state index contributed by atoms with van der Waals surface area (Å²) in [6.45, 7) is 6.26. The fraction of sp³-hybridized carbons (Fsp3) is 1.00. The molecule has 0 heterocycles. The van der Waals surface area contributed by atoms with E-state index in [9.17, 15) is 12.6 Å². The maximum Gasteiger partial charge on any atom is 0.153 e. The lowest BCUT2D eigenvalue weighted by atomic mass is 10.5. The first-order valence-corrected chi connectivity index (χ1v) is 8.35. The lowest BCUT2D eigenvalue weighted by Crippen LogP contribution is -2.32. The van der Waals surface area contributed by atoms with Crippen LogP contribution < -0.4 is 5.32 Å². The first kappa shape index (κ1) is 15.1. The molecule has 0 aliphatic heterocycles. The van der Waals surface area contributed by atoms with Crippen molar-refractivity contribution in [2.75, 3.05) is 25.1 Å². The molecule has 92 valence electrons. The Bertz CT molecular complexity index is 298. The summed E-state index contributed by atoms with van der Waals surface area (Å²) in [6, 6.07) is 0. The largest absolute Gasteiger partial charge is 0.315 e. The fourth-order valence-corrected chi connectivity index (χ4v) is 2.13. The Morgan fingerprint density at radius 3 is 2.20 bits per heavy atom. The molecule has 0 aromatic heterocycles. The van der Waals surface area contributed by atoms with Crippen molar-refractivity contribution in [1.82, 2.24) is 5.32 Å². The monoisotopic (exact) mass is 255 g/mol. The Labute approximate surface area is 95.2 Å². The van der Waals surface area contributed by atoms with E-state index in [1.54, 1.807) is 20.1 Å². The highest BCUT2D eigenvalue weighted by Crippen LogP contribution is 1.99. The normalized spacial score (nSPS) is 16.6. The van der Waals surface area contributed by atoms with Crippen LogP contribution >= 0.6 is 0 Å². The number of hydrogen-bond donors (Lipinski definition) is 1. The van der Waals surface area contributed by atoms with Crippen molar-refractivity contribution in [3.05, 3.63) is 0 Å². The minimum Gasteiger partial charge on any atom is -0.315 e. The van der Waals surface area contributed by atoms with E-state index in [1.807, 2.05) is 6.92 Å². The molecule has 0 aromatic carbocycles. The summed E-state index contributed by atoms with van der Waals surface area (Å²) < 4.78 is 33.8. The zero-order chi connectivity index (χ0) is 12.1. The summed E-state index contributed by atoms with van der Waals surface area (Å²) in [6.07, 6.45) is 1.65. The van der Waals surface area contributed by atoms with Gasteiger partial charge >= 0.3 is 0 Å². The number of sulfone groups is 1. The van der Waals surface area contributed by atoms with E-state index in [1.165, 1.54) is 0 Å². The zero-order valence-electron chi connectivity index (χ0n) is 9.82. The van der Waals surface area contributed by atoms with E-state index in [2.05, 4.69) is 5.32 Å². The maximum atomic E-state index is 11.4. The van der Waals surface area contributed by atoms with Gasteiger partial charge in [0.2, 0.25) is 0 Å².